The van der Waals surface area contributed by atoms with E-state index >= 15 is 0 Å². The Morgan fingerprint density at radius 1 is 1.03 bits per heavy atom. The van der Waals surface area contributed by atoms with E-state index < -0.39 is 29.3 Å². The molecule has 35 heavy (non-hydrogen) atoms. The number of nitrogens with one attached hydrogen (secondary N) is 2. The second-order valence-electron chi connectivity index (χ2n) is 8.96. The van der Waals surface area contributed by atoms with Gasteiger partial charge in [-0.3, -0.25) is 24.1 Å². The van der Waals surface area contributed by atoms with Crippen molar-refractivity contribution in [3.05, 3.63) is 107 Å². The van der Waals surface area contributed by atoms with Crippen molar-refractivity contribution < 1.29 is 14.4 Å². The summed E-state index contributed by atoms with van der Waals surface area (Å²) in [5.74, 6) is -2.14. The Labute approximate surface area is 203 Å². The minimum absolute atomic E-state index is 0.0611. The third-order valence-electron chi connectivity index (χ3n) is 6.83. The summed E-state index contributed by atoms with van der Waals surface area (Å²) in [5.41, 5.74) is 1.94. The van der Waals surface area contributed by atoms with Gasteiger partial charge in [-0.25, -0.2) is 6.57 Å². The van der Waals surface area contributed by atoms with Gasteiger partial charge in [0.1, 0.15) is 11.3 Å². The Morgan fingerprint density at radius 3 is 2.40 bits per heavy atom. The molecular formula is C28H24N4O3. The van der Waals surface area contributed by atoms with Crippen molar-refractivity contribution in [2.75, 3.05) is 17.2 Å². The molecule has 3 aromatic rings. The van der Waals surface area contributed by atoms with Gasteiger partial charge in [0.15, 0.2) is 0 Å². The molecule has 2 aliphatic heterocycles. The maximum absolute atomic E-state index is 13.9. The van der Waals surface area contributed by atoms with Crippen LogP contribution >= 0.6 is 0 Å². The monoisotopic (exact) mass is 464 g/mol. The number of hydrogen-bond acceptors (Lipinski definition) is 3. The van der Waals surface area contributed by atoms with Crippen LogP contribution in [0.5, 0.6) is 0 Å². The molecule has 3 atom stereocenters. The van der Waals surface area contributed by atoms with Gasteiger partial charge in [0, 0.05) is 17.9 Å². The van der Waals surface area contributed by atoms with Crippen LogP contribution in [-0.2, 0) is 26.2 Å². The molecule has 1 fully saturated rings. The van der Waals surface area contributed by atoms with Gasteiger partial charge in [-0.15, -0.1) is 0 Å². The average molecular weight is 465 g/mol. The maximum atomic E-state index is 13.9. The van der Waals surface area contributed by atoms with Crippen LogP contribution in [0.3, 0.4) is 0 Å². The lowest BCUT2D eigenvalue weighted by molar-refractivity contribution is -0.140. The van der Waals surface area contributed by atoms with Crippen molar-refractivity contribution in [1.82, 2.24) is 4.90 Å². The Morgan fingerprint density at radius 2 is 1.69 bits per heavy atom. The fourth-order valence-electron chi connectivity index (χ4n) is 5.05. The second-order valence-corrected chi connectivity index (χ2v) is 8.96. The van der Waals surface area contributed by atoms with Crippen LogP contribution in [0.15, 0.2) is 84.9 Å². The molecule has 2 aliphatic rings. The SMILES string of the molecule is [C-]#[N+][C@@H]1C[C@@]2(CN1C(=O)[C@@H](Cc1ccccc1)C(=O)Nc1ccccc1)C(=O)Nc1ccccc12. The molecular weight excluding hydrogens is 440 g/mol. The topological polar surface area (TPSA) is 82.9 Å². The normalized spacial score (nSPS) is 21.2. The highest BCUT2D eigenvalue weighted by atomic mass is 16.2. The maximum Gasteiger partial charge on any atom is 0.302 e. The zero-order valence-corrected chi connectivity index (χ0v) is 19.0. The van der Waals surface area contributed by atoms with Gasteiger partial charge in [-0.05, 0) is 35.7 Å². The number of carbonyl (C=O) groups excluding carboxylic acids is 3. The van der Waals surface area contributed by atoms with Crippen molar-refractivity contribution in [1.29, 1.82) is 0 Å². The first-order valence-corrected chi connectivity index (χ1v) is 11.5. The third-order valence-corrected chi connectivity index (χ3v) is 6.83. The Balaban J connectivity index is 1.47. The van der Waals surface area contributed by atoms with E-state index in [9.17, 15) is 14.4 Å². The van der Waals surface area contributed by atoms with Gasteiger partial charge in [0.05, 0.1) is 6.42 Å². The molecule has 1 saturated heterocycles. The predicted octanol–water partition coefficient (Wildman–Crippen LogP) is 3.85. The summed E-state index contributed by atoms with van der Waals surface area (Å²) in [5, 5.41) is 5.74. The zero-order valence-electron chi connectivity index (χ0n) is 19.0. The van der Waals surface area contributed by atoms with E-state index in [1.807, 2.05) is 60.7 Å². The molecule has 0 bridgehead atoms. The van der Waals surface area contributed by atoms with Gasteiger partial charge in [0.2, 0.25) is 17.7 Å². The van der Waals surface area contributed by atoms with Gasteiger partial charge in [-0.1, -0.05) is 66.7 Å². The summed E-state index contributed by atoms with van der Waals surface area (Å²) in [6, 6.07) is 25.7. The molecule has 174 valence electrons. The lowest BCUT2D eigenvalue weighted by Gasteiger charge is -2.25. The number of fused-ring (bicyclic) bond motifs is 2. The van der Waals surface area contributed by atoms with E-state index in [1.165, 1.54) is 4.90 Å². The van der Waals surface area contributed by atoms with Crippen LogP contribution in [0.1, 0.15) is 17.5 Å². The highest BCUT2D eigenvalue weighted by molar-refractivity contribution is 6.09. The summed E-state index contributed by atoms with van der Waals surface area (Å²) >= 11 is 0. The van der Waals surface area contributed by atoms with Crippen LogP contribution in [-0.4, -0.2) is 35.3 Å². The molecule has 5 rings (SSSR count). The number of rotatable bonds is 5. The number of anilines is 2. The molecule has 2 N–H and O–H groups in total. The second kappa shape index (κ2) is 9.07. The molecule has 2 heterocycles. The van der Waals surface area contributed by atoms with E-state index in [2.05, 4.69) is 15.5 Å². The first kappa shape index (κ1) is 22.4. The van der Waals surface area contributed by atoms with Crippen LogP contribution < -0.4 is 10.6 Å². The number of amides is 3. The molecule has 7 heteroatoms. The lowest BCUT2D eigenvalue weighted by Crippen LogP contribution is -2.46. The largest absolute Gasteiger partial charge is 0.325 e. The molecule has 0 aliphatic carbocycles. The van der Waals surface area contributed by atoms with Crippen LogP contribution in [0.2, 0.25) is 0 Å². The summed E-state index contributed by atoms with van der Waals surface area (Å²) in [6.07, 6.45) is -0.444. The van der Waals surface area contributed by atoms with Crippen molar-refractivity contribution >= 4 is 29.1 Å². The molecule has 1 spiro atoms. The molecule has 0 aromatic heterocycles. The van der Waals surface area contributed by atoms with Gasteiger partial charge < -0.3 is 10.6 Å². The Bertz CT molecular complexity index is 1320. The van der Waals surface area contributed by atoms with E-state index in [0.29, 0.717) is 11.4 Å². The van der Waals surface area contributed by atoms with Crippen LogP contribution in [0.4, 0.5) is 11.4 Å². The van der Waals surface area contributed by atoms with E-state index in [-0.39, 0.29) is 25.3 Å². The highest BCUT2D eigenvalue weighted by Gasteiger charge is 2.59. The van der Waals surface area contributed by atoms with E-state index in [4.69, 9.17) is 6.57 Å². The highest BCUT2D eigenvalue weighted by Crippen LogP contribution is 2.47. The summed E-state index contributed by atoms with van der Waals surface area (Å²) in [4.78, 5) is 45.5. The summed E-state index contributed by atoms with van der Waals surface area (Å²) in [6.45, 7) is 7.83. The third kappa shape index (κ3) is 4.04. The molecule has 0 radical (unpaired) electrons. The smallest absolute Gasteiger partial charge is 0.302 e. The van der Waals surface area contributed by atoms with Gasteiger partial charge in [-0.2, -0.15) is 0 Å². The lowest BCUT2D eigenvalue weighted by atomic mass is 9.80. The van der Waals surface area contributed by atoms with Crippen molar-refractivity contribution in [2.24, 2.45) is 5.92 Å². The van der Waals surface area contributed by atoms with Crippen molar-refractivity contribution in [2.45, 2.75) is 24.4 Å². The van der Waals surface area contributed by atoms with E-state index in [1.54, 1.807) is 24.3 Å². The molecule has 0 saturated carbocycles. The molecule has 3 amide bonds. The zero-order chi connectivity index (χ0) is 24.4. The van der Waals surface area contributed by atoms with E-state index in [0.717, 1.165) is 11.1 Å². The number of benzene rings is 3. The van der Waals surface area contributed by atoms with Crippen LogP contribution in [0, 0.1) is 12.5 Å². The average Bonchev–Trinajstić information content (AvgIpc) is 3.41. The Hall–Kier alpha value is -4.44. The minimum atomic E-state index is -1.04. The van der Waals surface area contributed by atoms with Crippen molar-refractivity contribution in [3.8, 4) is 0 Å². The number of hydrogen-bond donors (Lipinski definition) is 2. The number of nitrogens with zero attached hydrogens (tertiary/aromatic N) is 2. The Kier molecular flexibility index (Phi) is 5.79. The molecule has 0 unspecified atom stereocenters. The minimum Gasteiger partial charge on any atom is -0.325 e. The van der Waals surface area contributed by atoms with Gasteiger partial charge in [0.25, 0.3) is 0 Å². The number of carbonyl (C=O) groups is 3. The summed E-state index contributed by atoms with van der Waals surface area (Å²) in [7, 11) is 0. The molecule has 3 aromatic carbocycles. The first-order valence-electron chi connectivity index (χ1n) is 11.5. The van der Waals surface area contributed by atoms with Crippen LogP contribution in [0.25, 0.3) is 4.85 Å². The quantitative estimate of drug-likeness (QED) is 0.445. The first-order chi connectivity index (χ1) is 17.0. The fraction of sp³-hybridized carbons (Fsp3) is 0.214. The number of likely N-dealkylation sites (tertiary alicyclic amines) is 1. The van der Waals surface area contributed by atoms with Gasteiger partial charge >= 0.3 is 6.17 Å². The standard InChI is InChI=1S/C28H24N4O3/c1-29-24-17-28(22-14-8-9-15-23(22)31-27(28)35)18-32(24)26(34)21(16-19-10-4-2-5-11-19)25(33)30-20-12-6-3-7-13-20/h2-15,21,24H,16-18H2,(H,30,33)(H,31,35)/t21-,24-,28-/m0/s1. The predicted molar refractivity (Wildman–Crippen MR) is 132 cm³/mol. The van der Waals surface area contributed by atoms with Crippen molar-refractivity contribution in [3.63, 3.8) is 0 Å². The summed E-state index contributed by atoms with van der Waals surface area (Å²) < 4.78 is 0. The number of para-hydroxylation sites is 2. The fourth-order valence-corrected chi connectivity index (χ4v) is 5.05. The molecule has 7 nitrogen and oxygen atoms in total.